The van der Waals surface area contributed by atoms with Crippen LogP contribution < -0.4 is 10.1 Å². The maximum Gasteiger partial charge on any atom is 0.260 e. The summed E-state index contributed by atoms with van der Waals surface area (Å²) in [4.78, 5) is 27.8. The van der Waals surface area contributed by atoms with E-state index in [9.17, 15) is 14.0 Å². The van der Waals surface area contributed by atoms with Gasteiger partial charge >= 0.3 is 0 Å². The summed E-state index contributed by atoms with van der Waals surface area (Å²) >= 11 is 0. The van der Waals surface area contributed by atoms with E-state index in [1.807, 2.05) is 0 Å². The van der Waals surface area contributed by atoms with Crippen LogP contribution in [-0.4, -0.2) is 67.5 Å². The number of nitrogens with zero attached hydrogens (tertiary/aromatic N) is 2. The highest BCUT2D eigenvalue weighted by molar-refractivity contribution is 5.85. The van der Waals surface area contributed by atoms with Crippen LogP contribution in [0, 0.1) is 11.7 Å². The third-order valence-electron chi connectivity index (χ3n) is 4.57. The van der Waals surface area contributed by atoms with E-state index >= 15 is 0 Å². The predicted octanol–water partition coefficient (Wildman–Crippen LogP) is 1.30. The van der Waals surface area contributed by atoms with Crippen LogP contribution in [0.25, 0.3) is 0 Å². The summed E-state index contributed by atoms with van der Waals surface area (Å²) in [5.74, 6) is 0.846. The lowest BCUT2D eigenvalue weighted by Crippen LogP contribution is -2.53. The number of nitrogens with one attached hydrogen (secondary N) is 1. The molecule has 1 saturated carbocycles. The zero-order chi connectivity index (χ0) is 17.6. The summed E-state index contributed by atoms with van der Waals surface area (Å²) in [6, 6.07) is 5.57. The molecule has 0 atom stereocenters. The molecule has 6 nitrogen and oxygen atoms in total. The standard InChI is InChI=1S/C18H24FN3O3.ClH/c19-15-3-5-16(6-4-15)25-13-18(24)22-9-7-21(8-10-22)17(23)12-20-11-14-1-2-14;/h3-6,14,20H,1-2,7-13H2;1H. The highest BCUT2D eigenvalue weighted by Crippen LogP contribution is 2.27. The minimum Gasteiger partial charge on any atom is -0.484 e. The Labute approximate surface area is 159 Å². The van der Waals surface area contributed by atoms with E-state index in [0.717, 1.165) is 12.5 Å². The van der Waals surface area contributed by atoms with Crippen molar-refractivity contribution in [2.24, 2.45) is 5.92 Å². The van der Waals surface area contributed by atoms with Crippen LogP contribution in [0.15, 0.2) is 24.3 Å². The van der Waals surface area contributed by atoms with Crippen LogP contribution in [0.2, 0.25) is 0 Å². The molecule has 144 valence electrons. The minimum atomic E-state index is -0.342. The predicted molar refractivity (Wildman–Crippen MR) is 97.9 cm³/mol. The molecule has 8 heteroatoms. The second-order valence-electron chi connectivity index (χ2n) is 6.58. The average molecular weight is 386 g/mol. The SMILES string of the molecule is Cl.O=C(CNCC1CC1)N1CCN(C(=O)COc2ccc(F)cc2)CC1. The molecule has 1 heterocycles. The molecule has 2 aliphatic rings. The molecule has 1 aliphatic heterocycles. The third kappa shape index (κ3) is 6.14. The van der Waals surface area contributed by atoms with Crippen molar-refractivity contribution >= 4 is 24.2 Å². The number of ether oxygens (including phenoxy) is 1. The van der Waals surface area contributed by atoms with Gasteiger partial charge in [-0.2, -0.15) is 0 Å². The Bertz CT molecular complexity index is 602. The summed E-state index contributed by atoms with van der Waals surface area (Å²) in [5, 5.41) is 3.20. The van der Waals surface area contributed by atoms with Gasteiger partial charge in [-0.3, -0.25) is 9.59 Å². The van der Waals surface area contributed by atoms with Gasteiger partial charge in [0, 0.05) is 26.2 Å². The summed E-state index contributed by atoms with van der Waals surface area (Å²) < 4.78 is 18.2. The van der Waals surface area contributed by atoms with Crippen LogP contribution >= 0.6 is 12.4 Å². The molecule has 0 aromatic heterocycles. The molecule has 1 N–H and O–H groups in total. The number of halogens is 2. The van der Waals surface area contributed by atoms with E-state index < -0.39 is 0 Å². The molecule has 1 aromatic rings. The largest absolute Gasteiger partial charge is 0.484 e. The Morgan fingerprint density at radius 1 is 1.04 bits per heavy atom. The van der Waals surface area contributed by atoms with Crippen molar-refractivity contribution in [1.29, 1.82) is 0 Å². The van der Waals surface area contributed by atoms with Crippen LogP contribution in [0.3, 0.4) is 0 Å². The van der Waals surface area contributed by atoms with E-state index in [-0.39, 0.29) is 36.6 Å². The Kier molecular flexibility index (Phi) is 7.66. The smallest absolute Gasteiger partial charge is 0.260 e. The highest BCUT2D eigenvalue weighted by Gasteiger charge is 2.25. The maximum atomic E-state index is 12.8. The molecule has 1 saturated heterocycles. The lowest BCUT2D eigenvalue weighted by atomic mass is 10.3. The van der Waals surface area contributed by atoms with Crippen molar-refractivity contribution in [1.82, 2.24) is 15.1 Å². The first-order chi connectivity index (χ1) is 12.1. The number of piperazine rings is 1. The first-order valence-electron chi connectivity index (χ1n) is 8.76. The zero-order valence-corrected chi connectivity index (χ0v) is 15.5. The number of benzene rings is 1. The average Bonchev–Trinajstić information content (AvgIpc) is 3.45. The summed E-state index contributed by atoms with van der Waals surface area (Å²) in [5.41, 5.74) is 0. The van der Waals surface area contributed by atoms with Crippen LogP contribution in [0.1, 0.15) is 12.8 Å². The van der Waals surface area contributed by atoms with Gasteiger partial charge < -0.3 is 19.9 Å². The van der Waals surface area contributed by atoms with Gasteiger partial charge in [0.05, 0.1) is 6.54 Å². The fraction of sp³-hybridized carbons (Fsp3) is 0.556. The normalized spacial score (nSPS) is 16.8. The lowest BCUT2D eigenvalue weighted by molar-refractivity contribution is -0.140. The second kappa shape index (κ2) is 9.73. The van der Waals surface area contributed by atoms with Gasteiger partial charge in [-0.15, -0.1) is 12.4 Å². The minimum absolute atomic E-state index is 0. The van der Waals surface area contributed by atoms with Gasteiger partial charge in [-0.05, 0) is 49.6 Å². The van der Waals surface area contributed by atoms with Gasteiger partial charge in [-0.1, -0.05) is 0 Å². The van der Waals surface area contributed by atoms with Gasteiger partial charge in [-0.25, -0.2) is 4.39 Å². The molecule has 0 radical (unpaired) electrons. The number of hydrogen-bond donors (Lipinski definition) is 1. The Balaban J connectivity index is 0.00000243. The molecule has 1 aliphatic carbocycles. The van der Waals surface area contributed by atoms with Crippen molar-refractivity contribution in [3.63, 3.8) is 0 Å². The molecule has 0 spiro atoms. The number of carbonyl (C=O) groups is 2. The molecular weight excluding hydrogens is 361 g/mol. The van der Waals surface area contributed by atoms with Gasteiger partial charge in [0.15, 0.2) is 6.61 Å². The molecule has 3 rings (SSSR count). The Morgan fingerprint density at radius 3 is 2.19 bits per heavy atom. The number of amides is 2. The fourth-order valence-electron chi connectivity index (χ4n) is 2.79. The molecule has 2 amide bonds. The Morgan fingerprint density at radius 2 is 1.62 bits per heavy atom. The van der Waals surface area contributed by atoms with Crippen molar-refractivity contribution in [2.45, 2.75) is 12.8 Å². The van der Waals surface area contributed by atoms with Crippen molar-refractivity contribution in [3.8, 4) is 5.75 Å². The molecule has 0 unspecified atom stereocenters. The van der Waals surface area contributed by atoms with Gasteiger partial charge in [0.2, 0.25) is 5.91 Å². The molecular formula is C18H25ClFN3O3. The van der Waals surface area contributed by atoms with E-state index in [2.05, 4.69) is 5.32 Å². The lowest BCUT2D eigenvalue weighted by Gasteiger charge is -2.34. The maximum absolute atomic E-state index is 12.8. The van der Waals surface area contributed by atoms with E-state index in [1.54, 1.807) is 9.80 Å². The number of carbonyl (C=O) groups excluding carboxylic acids is 2. The quantitative estimate of drug-likeness (QED) is 0.768. The Hall–Kier alpha value is -1.86. The summed E-state index contributed by atoms with van der Waals surface area (Å²) in [6.45, 7) is 3.34. The van der Waals surface area contributed by atoms with Crippen molar-refractivity contribution in [2.75, 3.05) is 45.9 Å². The van der Waals surface area contributed by atoms with Crippen LogP contribution in [0.4, 0.5) is 4.39 Å². The zero-order valence-electron chi connectivity index (χ0n) is 14.7. The van der Waals surface area contributed by atoms with Crippen molar-refractivity contribution in [3.05, 3.63) is 30.1 Å². The topological polar surface area (TPSA) is 61.9 Å². The second-order valence-corrected chi connectivity index (χ2v) is 6.58. The summed E-state index contributed by atoms with van der Waals surface area (Å²) in [6.07, 6.45) is 2.53. The monoisotopic (exact) mass is 385 g/mol. The first kappa shape index (κ1) is 20.5. The molecule has 26 heavy (non-hydrogen) atoms. The van der Waals surface area contributed by atoms with E-state index in [0.29, 0.717) is 38.5 Å². The van der Waals surface area contributed by atoms with Gasteiger partial charge in [0.25, 0.3) is 5.91 Å². The van der Waals surface area contributed by atoms with Crippen LogP contribution in [0.5, 0.6) is 5.75 Å². The summed E-state index contributed by atoms with van der Waals surface area (Å²) in [7, 11) is 0. The first-order valence-corrected chi connectivity index (χ1v) is 8.76. The fourth-order valence-corrected chi connectivity index (χ4v) is 2.79. The van der Waals surface area contributed by atoms with Gasteiger partial charge in [0.1, 0.15) is 11.6 Å². The van der Waals surface area contributed by atoms with Crippen LogP contribution in [-0.2, 0) is 9.59 Å². The highest BCUT2D eigenvalue weighted by atomic mass is 35.5. The number of hydrogen-bond acceptors (Lipinski definition) is 4. The number of rotatable bonds is 7. The van der Waals surface area contributed by atoms with E-state index in [1.165, 1.54) is 37.1 Å². The third-order valence-corrected chi connectivity index (χ3v) is 4.57. The molecule has 2 fully saturated rings. The van der Waals surface area contributed by atoms with E-state index in [4.69, 9.17) is 4.74 Å². The van der Waals surface area contributed by atoms with Crippen molar-refractivity contribution < 1.29 is 18.7 Å². The molecule has 1 aromatic carbocycles. The molecule has 0 bridgehead atoms.